The summed E-state index contributed by atoms with van der Waals surface area (Å²) in [6, 6.07) is 4.19. The van der Waals surface area contributed by atoms with Crippen molar-refractivity contribution in [1.29, 1.82) is 0 Å². The lowest BCUT2D eigenvalue weighted by Crippen LogP contribution is -2.43. The Bertz CT molecular complexity index is 1190. The molecule has 1 aromatic rings. The van der Waals surface area contributed by atoms with E-state index in [1.54, 1.807) is 0 Å². The Morgan fingerprint density at radius 2 is 1.48 bits per heavy atom. The maximum Gasteiger partial charge on any atom is 0.343 e. The van der Waals surface area contributed by atoms with E-state index in [2.05, 4.69) is 40.2 Å². The van der Waals surface area contributed by atoms with Crippen molar-refractivity contribution >= 4 is 33.8 Å². The maximum absolute atomic E-state index is 13.2. The van der Waals surface area contributed by atoms with Crippen LogP contribution in [-0.4, -0.2) is 99.5 Å². The second-order valence-electron chi connectivity index (χ2n) is 13.7. The number of carbonyl (C=O) groups excluding carboxylic acids is 2. The molecule has 10 nitrogen and oxygen atoms in total. The van der Waals surface area contributed by atoms with Gasteiger partial charge in [-0.1, -0.05) is 17.7 Å². The summed E-state index contributed by atoms with van der Waals surface area (Å²) in [4.78, 5) is 27.2. The molecule has 1 aromatic carbocycles. The van der Waals surface area contributed by atoms with E-state index < -0.39 is 11.2 Å². The Balaban J connectivity index is 1.09. The van der Waals surface area contributed by atoms with E-state index in [1.165, 1.54) is 0 Å². The summed E-state index contributed by atoms with van der Waals surface area (Å²) in [6.07, 6.45) is 5.37. The van der Waals surface area contributed by atoms with Crippen molar-refractivity contribution in [2.24, 2.45) is 0 Å². The molecule has 0 radical (unpaired) electrons. The highest BCUT2D eigenvalue weighted by Crippen LogP contribution is 2.49. The summed E-state index contributed by atoms with van der Waals surface area (Å²) in [7, 11) is 0. The summed E-state index contributed by atoms with van der Waals surface area (Å²) in [5.74, 6) is -0.0893. The summed E-state index contributed by atoms with van der Waals surface area (Å²) in [5, 5.41) is 0. The van der Waals surface area contributed by atoms with Crippen LogP contribution in [0.15, 0.2) is 17.9 Å². The van der Waals surface area contributed by atoms with Crippen molar-refractivity contribution in [1.82, 2.24) is 4.90 Å². The Morgan fingerprint density at radius 3 is 2.07 bits per heavy atom. The molecule has 0 unspecified atom stereocenters. The number of esters is 2. The first kappa shape index (κ1) is 36.8. The third-order valence-corrected chi connectivity index (χ3v) is 9.06. The predicted octanol–water partition coefficient (Wildman–Crippen LogP) is 5.76. The normalized spacial score (nSPS) is 22.8. The van der Waals surface area contributed by atoms with E-state index in [0.29, 0.717) is 57.2 Å². The summed E-state index contributed by atoms with van der Waals surface area (Å²) in [6.45, 7) is 16.8. The highest BCUT2D eigenvalue weighted by Gasteiger charge is 2.52. The van der Waals surface area contributed by atoms with E-state index in [1.807, 2.05) is 34.6 Å². The number of piperidine rings is 1. The fourth-order valence-electron chi connectivity index (χ4n) is 6.72. The Labute approximate surface area is 282 Å². The number of halogens is 1. The largest absolute Gasteiger partial charge is 0.458 e. The van der Waals surface area contributed by atoms with Crippen LogP contribution in [0.1, 0.15) is 81.5 Å². The van der Waals surface area contributed by atoms with E-state index in [9.17, 15) is 9.59 Å². The Hall–Kier alpha value is -2.02. The lowest BCUT2D eigenvalue weighted by molar-refractivity contribution is -0.160. The van der Waals surface area contributed by atoms with Gasteiger partial charge in [-0.15, -0.1) is 0 Å². The minimum Gasteiger partial charge on any atom is -0.458 e. The van der Waals surface area contributed by atoms with Crippen molar-refractivity contribution in [2.45, 2.75) is 103 Å². The molecule has 1 saturated heterocycles. The van der Waals surface area contributed by atoms with E-state index in [4.69, 9.17) is 32.2 Å². The zero-order valence-electron chi connectivity index (χ0n) is 28.4. The molecule has 2 heterocycles. The maximum atomic E-state index is 13.2. The number of aryl methyl sites for hydroxylation is 3. The minimum atomic E-state index is -0.747. The van der Waals surface area contributed by atoms with Crippen LogP contribution in [0.3, 0.4) is 0 Å². The molecule has 46 heavy (non-hydrogen) atoms. The number of hydrogen-bond acceptors (Lipinski definition) is 10. The number of ether oxygens (including phenoxy) is 6. The van der Waals surface area contributed by atoms with Crippen LogP contribution in [-0.2, 0) is 41.8 Å². The number of carbonyl (C=O) groups is 2. The first-order valence-electron chi connectivity index (χ1n) is 16.6. The molecule has 2 fully saturated rings. The van der Waals surface area contributed by atoms with Gasteiger partial charge in [-0.25, -0.2) is 9.59 Å². The fraction of sp³-hybridized carbons (Fsp3) is 0.714. The highest BCUT2D eigenvalue weighted by molar-refractivity contribution is 9.06. The summed E-state index contributed by atoms with van der Waals surface area (Å²) < 4.78 is 40.1. The van der Waals surface area contributed by atoms with Crippen LogP contribution < -0.4 is 0 Å². The topological polar surface area (TPSA) is 102 Å². The van der Waals surface area contributed by atoms with Crippen LogP contribution in [0.4, 0.5) is 0 Å². The summed E-state index contributed by atoms with van der Waals surface area (Å²) >= 11 is 3.21. The molecular weight excluding hydrogens is 658 g/mol. The second-order valence-corrected chi connectivity index (χ2v) is 14.0. The van der Waals surface area contributed by atoms with Crippen LogP contribution in [0, 0.1) is 20.8 Å². The quantitative estimate of drug-likeness (QED) is 0.165. The molecule has 1 saturated carbocycles. The standard InChI is InChI=1S/C35H52BrNO9/c1-24-21-25(2)30(26(3)22-24)31-32(46-36)35(45-33(31)39)11-7-27(8-12-35)43-28-9-13-37(14-10-28)15-16-40-17-18-41-19-20-42-23-29(38)44-34(4,5)6/h21-22,27-28H,7-20,23H2,1-6H3/t27-,35+. The van der Waals surface area contributed by atoms with Crippen LogP contribution in [0.5, 0.6) is 0 Å². The first-order chi connectivity index (χ1) is 21.9. The third kappa shape index (κ3) is 10.2. The highest BCUT2D eigenvalue weighted by atomic mass is 79.9. The van der Waals surface area contributed by atoms with E-state index >= 15 is 0 Å². The fourth-order valence-corrected chi connectivity index (χ4v) is 7.17. The lowest BCUT2D eigenvalue weighted by atomic mass is 9.80. The number of benzene rings is 1. The van der Waals surface area contributed by atoms with Gasteiger partial charge in [0.05, 0.1) is 45.2 Å². The molecule has 4 rings (SSSR count). The zero-order chi connectivity index (χ0) is 33.3. The van der Waals surface area contributed by atoms with Gasteiger partial charge in [0.25, 0.3) is 0 Å². The van der Waals surface area contributed by atoms with Crippen LogP contribution >= 0.6 is 16.3 Å². The van der Waals surface area contributed by atoms with Crippen molar-refractivity contribution in [3.63, 3.8) is 0 Å². The lowest BCUT2D eigenvalue weighted by Gasteiger charge is -2.39. The van der Waals surface area contributed by atoms with Gasteiger partial charge in [0.2, 0.25) is 0 Å². The van der Waals surface area contributed by atoms with Crippen molar-refractivity contribution in [3.05, 3.63) is 40.1 Å². The minimum absolute atomic E-state index is 0.0716. The van der Waals surface area contributed by atoms with Gasteiger partial charge in [-0.05, 0) is 96.8 Å². The van der Waals surface area contributed by atoms with Crippen LogP contribution in [0.2, 0.25) is 0 Å². The average molecular weight is 711 g/mol. The SMILES string of the molecule is Cc1cc(C)c(C2=C(OBr)[C@]3(CC[C@H](OC4CCN(CCOCCOCCOCC(=O)OC(C)(C)C)CC4)CC3)OC2=O)c(C)c1. The molecule has 1 spiro atoms. The molecule has 258 valence electrons. The number of rotatable bonds is 15. The number of hydrogen-bond donors (Lipinski definition) is 0. The van der Waals surface area contributed by atoms with Gasteiger partial charge in [0.15, 0.2) is 27.6 Å². The van der Waals surface area contributed by atoms with Crippen LogP contribution in [0.25, 0.3) is 5.57 Å². The van der Waals surface area contributed by atoms with Gasteiger partial charge in [0.1, 0.15) is 17.8 Å². The monoisotopic (exact) mass is 709 g/mol. The Kier molecular flexibility index (Phi) is 13.5. The van der Waals surface area contributed by atoms with Crippen molar-refractivity contribution < 1.29 is 41.8 Å². The van der Waals surface area contributed by atoms with Gasteiger partial charge >= 0.3 is 11.9 Å². The molecule has 1 aliphatic carbocycles. The summed E-state index contributed by atoms with van der Waals surface area (Å²) in [5.41, 5.74) is 3.44. The van der Waals surface area contributed by atoms with Gasteiger partial charge < -0.3 is 37.1 Å². The molecule has 2 aliphatic heterocycles. The van der Waals surface area contributed by atoms with Crippen molar-refractivity contribution in [2.75, 3.05) is 59.3 Å². The third-order valence-electron chi connectivity index (χ3n) is 8.73. The smallest absolute Gasteiger partial charge is 0.343 e. The molecule has 0 aromatic heterocycles. The van der Waals surface area contributed by atoms with Crippen molar-refractivity contribution in [3.8, 4) is 0 Å². The Morgan fingerprint density at radius 1 is 0.913 bits per heavy atom. The van der Waals surface area contributed by atoms with Gasteiger partial charge in [-0.2, -0.15) is 0 Å². The molecule has 0 bridgehead atoms. The number of likely N-dealkylation sites (tertiary alicyclic amines) is 1. The average Bonchev–Trinajstić information content (AvgIpc) is 3.24. The number of nitrogens with zero attached hydrogens (tertiary/aromatic N) is 1. The first-order valence-corrected chi connectivity index (χ1v) is 17.2. The molecule has 0 N–H and O–H groups in total. The molecular formula is C35H52BrNO9. The van der Waals surface area contributed by atoms with Gasteiger partial charge in [-0.3, -0.25) is 0 Å². The molecule has 0 amide bonds. The van der Waals surface area contributed by atoms with Gasteiger partial charge in [0, 0.05) is 19.6 Å². The molecule has 11 heteroatoms. The van der Waals surface area contributed by atoms with E-state index in [-0.39, 0.29) is 30.8 Å². The van der Waals surface area contributed by atoms with E-state index in [0.717, 1.165) is 67.6 Å². The predicted molar refractivity (Wildman–Crippen MR) is 178 cm³/mol. The molecule has 0 atom stereocenters. The molecule has 3 aliphatic rings. The second kappa shape index (κ2) is 16.9. The zero-order valence-corrected chi connectivity index (χ0v) is 30.0.